The molecule has 0 bridgehead atoms. The van der Waals surface area contributed by atoms with Gasteiger partial charge in [0.05, 0.1) is 10.7 Å². The summed E-state index contributed by atoms with van der Waals surface area (Å²) in [5.41, 5.74) is 5.88. The maximum absolute atomic E-state index is 14.0. The van der Waals surface area contributed by atoms with Crippen molar-refractivity contribution in [2.24, 2.45) is 5.73 Å². The second-order valence-electron chi connectivity index (χ2n) is 3.61. The van der Waals surface area contributed by atoms with Gasteiger partial charge in [0, 0.05) is 19.5 Å². The molecule has 0 aliphatic carbocycles. The molecular formula is C11H17FN4S. The zero-order valence-corrected chi connectivity index (χ0v) is 10.9. The number of halogens is 1. The average Bonchev–Trinajstić information content (AvgIpc) is 2.31. The lowest BCUT2D eigenvalue weighted by Crippen LogP contribution is -2.29. The number of thiocarbonyl (C=S) groups is 1. The third kappa shape index (κ3) is 3.59. The Bertz CT molecular complexity index is 397. The van der Waals surface area contributed by atoms with E-state index in [4.69, 9.17) is 18.0 Å². The zero-order chi connectivity index (χ0) is 12.8. The summed E-state index contributed by atoms with van der Waals surface area (Å²) in [5, 5.41) is 0. The molecule has 0 radical (unpaired) electrons. The Morgan fingerprint density at radius 1 is 1.47 bits per heavy atom. The van der Waals surface area contributed by atoms with E-state index in [0.29, 0.717) is 42.4 Å². The minimum Gasteiger partial charge on any atom is -0.393 e. The Morgan fingerprint density at radius 2 is 2.18 bits per heavy atom. The van der Waals surface area contributed by atoms with Crippen molar-refractivity contribution < 1.29 is 4.39 Å². The number of hydrogen-bond donors (Lipinski definition) is 1. The molecule has 0 spiro atoms. The van der Waals surface area contributed by atoms with Crippen LogP contribution in [0.3, 0.4) is 0 Å². The topological polar surface area (TPSA) is 55.0 Å². The molecule has 0 aliphatic rings. The molecular weight excluding hydrogens is 239 g/mol. The molecule has 1 aromatic rings. The molecule has 94 valence electrons. The van der Waals surface area contributed by atoms with Crippen LogP contribution in [0.5, 0.6) is 0 Å². The second-order valence-corrected chi connectivity index (χ2v) is 4.13. The van der Waals surface area contributed by atoms with Crippen molar-refractivity contribution >= 4 is 23.0 Å². The minimum absolute atomic E-state index is 0.329. The highest BCUT2D eigenvalue weighted by molar-refractivity contribution is 7.80. The van der Waals surface area contributed by atoms with Crippen molar-refractivity contribution in [3.8, 4) is 0 Å². The third-order valence-electron chi connectivity index (χ3n) is 2.49. The molecule has 6 heteroatoms. The molecule has 4 nitrogen and oxygen atoms in total. The van der Waals surface area contributed by atoms with Gasteiger partial charge in [-0.1, -0.05) is 19.1 Å². The van der Waals surface area contributed by atoms with Crippen molar-refractivity contribution in [2.45, 2.75) is 26.7 Å². The summed E-state index contributed by atoms with van der Waals surface area (Å²) in [4.78, 5) is 10.1. The Morgan fingerprint density at radius 3 is 2.71 bits per heavy atom. The van der Waals surface area contributed by atoms with Gasteiger partial charge in [0.1, 0.15) is 6.33 Å². The lowest BCUT2D eigenvalue weighted by Gasteiger charge is -2.22. The molecule has 0 unspecified atom stereocenters. The molecule has 0 aliphatic heterocycles. The quantitative estimate of drug-likeness (QED) is 0.785. The Labute approximate surface area is 106 Å². The van der Waals surface area contributed by atoms with Crippen LogP contribution in [0.4, 0.5) is 10.2 Å². The van der Waals surface area contributed by atoms with Crippen molar-refractivity contribution in [1.82, 2.24) is 9.97 Å². The third-order valence-corrected chi connectivity index (χ3v) is 2.69. The number of nitrogens with two attached hydrogens (primary N) is 1. The molecule has 1 rings (SSSR count). The molecule has 0 aromatic carbocycles. The highest BCUT2D eigenvalue weighted by atomic mass is 32.1. The van der Waals surface area contributed by atoms with Crippen LogP contribution in [-0.4, -0.2) is 28.0 Å². The molecule has 0 fully saturated rings. The van der Waals surface area contributed by atoms with Crippen molar-refractivity contribution in [3.05, 3.63) is 17.8 Å². The predicted molar refractivity (Wildman–Crippen MR) is 70.7 cm³/mol. The Balaban J connectivity index is 2.91. The summed E-state index contributed by atoms with van der Waals surface area (Å²) >= 11 is 4.82. The predicted octanol–water partition coefficient (Wildman–Crippen LogP) is 1.68. The number of anilines is 1. The fourth-order valence-corrected chi connectivity index (χ4v) is 1.61. The van der Waals surface area contributed by atoms with Gasteiger partial charge in [0.15, 0.2) is 11.6 Å². The second kappa shape index (κ2) is 6.44. The largest absolute Gasteiger partial charge is 0.393 e. The Kier molecular flexibility index (Phi) is 5.21. The van der Waals surface area contributed by atoms with Crippen LogP contribution in [0.2, 0.25) is 0 Å². The van der Waals surface area contributed by atoms with E-state index < -0.39 is 0 Å². The first-order valence-electron chi connectivity index (χ1n) is 5.62. The van der Waals surface area contributed by atoms with Crippen molar-refractivity contribution in [1.29, 1.82) is 0 Å². The van der Waals surface area contributed by atoms with E-state index >= 15 is 0 Å². The minimum atomic E-state index is -0.347. The first kappa shape index (κ1) is 13.8. The Hall–Kier alpha value is -1.30. The van der Waals surface area contributed by atoms with Gasteiger partial charge in [-0.25, -0.2) is 14.4 Å². The van der Waals surface area contributed by atoms with E-state index in [1.807, 2.05) is 18.7 Å². The molecule has 0 saturated heterocycles. The van der Waals surface area contributed by atoms with E-state index in [2.05, 4.69) is 9.97 Å². The van der Waals surface area contributed by atoms with Gasteiger partial charge in [-0.3, -0.25) is 0 Å². The molecule has 17 heavy (non-hydrogen) atoms. The summed E-state index contributed by atoms with van der Waals surface area (Å²) in [6, 6.07) is 0. The van der Waals surface area contributed by atoms with Gasteiger partial charge in [0.2, 0.25) is 0 Å². The fraction of sp³-hybridized carbons (Fsp3) is 0.545. The molecule has 0 amide bonds. The maximum Gasteiger partial charge on any atom is 0.187 e. The van der Waals surface area contributed by atoms with Crippen LogP contribution in [0.15, 0.2) is 6.33 Å². The van der Waals surface area contributed by atoms with Gasteiger partial charge < -0.3 is 10.6 Å². The monoisotopic (exact) mass is 256 g/mol. The fourth-order valence-electron chi connectivity index (χ4n) is 1.52. The molecule has 0 saturated carbocycles. The summed E-state index contributed by atoms with van der Waals surface area (Å²) in [5.74, 6) is -0.0182. The lowest BCUT2D eigenvalue weighted by molar-refractivity contribution is 0.584. The van der Waals surface area contributed by atoms with Crippen LogP contribution in [0, 0.1) is 5.82 Å². The van der Waals surface area contributed by atoms with Crippen molar-refractivity contribution in [3.63, 3.8) is 0 Å². The zero-order valence-electron chi connectivity index (χ0n) is 10.1. The van der Waals surface area contributed by atoms with Gasteiger partial charge in [-0.15, -0.1) is 0 Å². The summed E-state index contributed by atoms with van der Waals surface area (Å²) in [6.45, 7) is 5.02. The first-order chi connectivity index (χ1) is 8.10. The van der Waals surface area contributed by atoms with E-state index in [1.54, 1.807) is 0 Å². The van der Waals surface area contributed by atoms with Crippen LogP contribution in [0.1, 0.15) is 26.0 Å². The van der Waals surface area contributed by atoms with Gasteiger partial charge in [-0.2, -0.15) is 0 Å². The van der Waals surface area contributed by atoms with E-state index in [-0.39, 0.29) is 5.82 Å². The summed E-state index contributed by atoms with van der Waals surface area (Å²) < 4.78 is 14.0. The number of hydrogen-bond acceptors (Lipinski definition) is 4. The van der Waals surface area contributed by atoms with Crippen LogP contribution in [-0.2, 0) is 6.42 Å². The molecule has 1 aromatic heterocycles. The number of nitrogens with zero attached hydrogens (tertiary/aromatic N) is 3. The molecule has 0 atom stereocenters. The normalized spacial score (nSPS) is 10.3. The summed E-state index contributed by atoms with van der Waals surface area (Å²) in [6.07, 6.45) is 2.49. The maximum atomic E-state index is 14.0. The number of aryl methyl sites for hydroxylation is 1. The van der Waals surface area contributed by atoms with Crippen molar-refractivity contribution in [2.75, 3.05) is 18.0 Å². The van der Waals surface area contributed by atoms with Crippen LogP contribution < -0.4 is 10.6 Å². The van der Waals surface area contributed by atoms with Gasteiger partial charge in [0.25, 0.3) is 0 Å². The molecule has 1 heterocycles. The van der Waals surface area contributed by atoms with E-state index in [1.165, 1.54) is 6.33 Å². The lowest BCUT2D eigenvalue weighted by atomic mass is 10.3. The average molecular weight is 256 g/mol. The van der Waals surface area contributed by atoms with Gasteiger partial charge >= 0.3 is 0 Å². The van der Waals surface area contributed by atoms with Crippen LogP contribution >= 0.6 is 12.2 Å². The summed E-state index contributed by atoms with van der Waals surface area (Å²) in [7, 11) is 0. The van der Waals surface area contributed by atoms with E-state index in [9.17, 15) is 4.39 Å². The smallest absolute Gasteiger partial charge is 0.187 e. The highest BCUT2D eigenvalue weighted by Crippen LogP contribution is 2.18. The molecule has 2 N–H and O–H groups in total. The van der Waals surface area contributed by atoms with Gasteiger partial charge in [-0.05, 0) is 13.3 Å². The SMILES string of the molecule is CCc1ncnc(N(CC)CCC(N)=S)c1F. The number of rotatable bonds is 6. The number of aromatic nitrogens is 2. The van der Waals surface area contributed by atoms with Crippen LogP contribution in [0.25, 0.3) is 0 Å². The first-order valence-corrected chi connectivity index (χ1v) is 6.03. The highest BCUT2D eigenvalue weighted by Gasteiger charge is 2.15. The standard InChI is InChI=1S/C11H17FN4S/c1-3-8-10(12)11(15-7-14-8)16(4-2)6-5-9(13)17/h7H,3-6H2,1-2H3,(H2,13,17). The van der Waals surface area contributed by atoms with E-state index in [0.717, 1.165) is 0 Å².